The zero-order valence-electron chi connectivity index (χ0n) is 15.6. The number of halogens is 2. The van der Waals surface area contributed by atoms with E-state index in [0.717, 1.165) is 20.6 Å². The van der Waals surface area contributed by atoms with Crippen LogP contribution in [0.3, 0.4) is 0 Å². The number of hydrogen-bond acceptors (Lipinski definition) is 4. The second kappa shape index (κ2) is 9.08. The first-order chi connectivity index (χ1) is 14.5. The molecule has 0 spiro atoms. The molecule has 4 rings (SSSR count). The van der Waals surface area contributed by atoms with Gasteiger partial charge >= 0.3 is 0 Å². The Balaban J connectivity index is 1.67. The SMILES string of the molecule is O=C1C(Nc2ccc(Br)cc2)=C(Sc2ccc(Cl)cc2)C(=O)N1Cc1ccccc1. The first-order valence-electron chi connectivity index (χ1n) is 9.11. The van der Waals surface area contributed by atoms with Crippen LogP contribution in [0.2, 0.25) is 5.02 Å². The molecule has 3 aromatic carbocycles. The number of carbonyl (C=O) groups excluding carboxylic acids is 2. The number of carbonyl (C=O) groups is 2. The van der Waals surface area contributed by atoms with Crippen LogP contribution in [0.1, 0.15) is 5.56 Å². The molecule has 0 aliphatic carbocycles. The number of rotatable bonds is 6. The summed E-state index contributed by atoms with van der Waals surface area (Å²) in [6, 6.07) is 24.1. The minimum Gasteiger partial charge on any atom is -0.350 e. The van der Waals surface area contributed by atoms with Crippen LogP contribution in [0.25, 0.3) is 0 Å². The van der Waals surface area contributed by atoms with Gasteiger partial charge in [-0.25, -0.2) is 0 Å². The zero-order valence-corrected chi connectivity index (χ0v) is 18.8. The van der Waals surface area contributed by atoms with Crippen molar-refractivity contribution in [3.63, 3.8) is 0 Å². The summed E-state index contributed by atoms with van der Waals surface area (Å²) in [5.41, 5.74) is 1.89. The van der Waals surface area contributed by atoms with E-state index in [-0.39, 0.29) is 24.1 Å². The first-order valence-corrected chi connectivity index (χ1v) is 11.1. The average molecular weight is 500 g/mol. The molecule has 0 bridgehead atoms. The first kappa shape index (κ1) is 20.7. The Hall–Kier alpha value is -2.54. The number of nitrogens with one attached hydrogen (secondary N) is 1. The molecule has 1 aliphatic rings. The van der Waals surface area contributed by atoms with E-state index >= 15 is 0 Å². The fraction of sp³-hybridized carbons (Fsp3) is 0.0435. The molecule has 0 fully saturated rings. The summed E-state index contributed by atoms with van der Waals surface area (Å²) in [7, 11) is 0. The lowest BCUT2D eigenvalue weighted by Crippen LogP contribution is -2.31. The maximum atomic E-state index is 13.2. The van der Waals surface area contributed by atoms with E-state index in [1.165, 1.54) is 16.7 Å². The lowest BCUT2D eigenvalue weighted by molar-refractivity contribution is -0.137. The number of anilines is 1. The van der Waals surface area contributed by atoms with Crippen molar-refractivity contribution in [3.8, 4) is 0 Å². The van der Waals surface area contributed by atoms with Crippen molar-refractivity contribution < 1.29 is 9.59 Å². The topological polar surface area (TPSA) is 49.4 Å². The highest BCUT2D eigenvalue weighted by Gasteiger charge is 2.39. The smallest absolute Gasteiger partial charge is 0.278 e. The largest absolute Gasteiger partial charge is 0.350 e. The predicted octanol–water partition coefficient (Wildman–Crippen LogP) is 6.09. The molecular weight excluding hydrogens is 484 g/mol. The molecule has 30 heavy (non-hydrogen) atoms. The van der Waals surface area contributed by atoms with Crippen molar-refractivity contribution in [2.75, 3.05) is 5.32 Å². The highest BCUT2D eigenvalue weighted by Crippen LogP contribution is 2.37. The second-order valence-corrected chi connectivity index (χ2v) is 9.01. The van der Waals surface area contributed by atoms with Crippen LogP contribution >= 0.6 is 39.3 Å². The van der Waals surface area contributed by atoms with Crippen molar-refractivity contribution in [2.24, 2.45) is 0 Å². The number of imide groups is 1. The molecule has 0 aromatic heterocycles. The summed E-state index contributed by atoms with van der Waals surface area (Å²) in [6.07, 6.45) is 0. The minimum atomic E-state index is -0.344. The van der Waals surface area contributed by atoms with Gasteiger partial charge in [-0.3, -0.25) is 14.5 Å². The van der Waals surface area contributed by atoms with Gasteiger partial charge in [0.15, 0.2) is 0 Å². The number of nitrogens with zero attached hydrogens (tertiary/aromatic N) is 1. The van der Waals surface area contributed by atoms with Crippen LogP contribution in [0.15, 0.2) is 98.8 Å². The van der Waals surface area contributed by atoms with Crippen LogP contribution in [0.5, 0.6) is 0 Å². The molecular formula is C23H16BrClN2O2S. The van der Waals surface area contributed by atoms with Gasteiger partial charge in [-0.15, -0.1) is 0 Å². The van der Waals surface area contributed by atoms with E-state index in [1.54, 1.807) is 12.1 Å². The third-order valence-corrected chi connectivity index (χ3v) is 6.33. The number of benzene rings is 3. The van der Waals surface area contributed by atoms with E-state index in [1.807, 2.05) is 66.7 Å². The molecule has 3 aromatic rings. The van der Waals surface area contributed by atoms with Gasteiger partial charge in [0.2, 0.25) is 0 Å². The average Bonchev–Trinajstić information content (AvgIpc) is 2.96. The number of hydrogen-bond donors (Lipinski definition) is 1. The van der Waals surface area contributed by atoms with E-state index in [9.17, 15) is 9.59 Å². The number of amides is 2. The Morgan fingerprint density at radius 2 is 1.53 bits per heavy atom. The van der Waals surface area contributed by atoms with Crippen molar-refractivity contribution in [1.82, 2.24) is 4.90 Å². The van der Waals surface area contributed by atoms with Crippen LogP contribution in [0, 0.1) is 0 Å². The predicted molar refractivity (Wildman–Crippen MR) is 124 cm³/mol. The standard InChI is InChI=1S/C23H16BrClN2O2S/c24-16-6-10-18(11-7-16)26-20-21(30-19-12-8-17(25)9-13-19)23(29)27(22(20)28)14-15-4-2-1-3-5-15/h1-13,26H,14H2. The molecule has 7 heteroatoms. The maximum Gasteiger partial charge on any atom is 0.278 e. The summed E-state index contributed by atoms with van der Waals surface area (Å²) in [5.74, 6) is -0.661. The summed E-state index contributed by atoms with van der Waals surface area (Å²) in [5, 5.41) is 3.76. The number of thioether (sulfide) groups is 1. The van der Waals surface area contributed by atoms with Gasteiger partial charge in [0.25, 0.3) is 11.8 Å². The van der Waals surface area contributed by atoms with Crippen molar-refractivity contribution in [2.45, 2.75) is 11.4 Å². The van der Waals surface area contributed by atoms with Crippen LogP contribution < -0.4 is 5.32 Å². The summed E-state index contributed by atoms with van der Waals surface area (Å²) < 4.78 is 0.928. The highest BCUT2D eigenvalue weighted by molar-refractivity contribution is 9.10. The van der Waals surface area contributed by atoms with Gasteiger partial charge in [0.05, 0.1) is 6.54 Å². The van der Waals surface area contributed by atoms with Gasteiger partial charge < -0.3 is 5.32 Å². The highest BCUT2D eigenvalue weighted by atomic mass is 79.9. The fourth-order valence-electron chi connectivity index (χ4n) is 2.97. The molecule has 0 radical (unpaired) electrons. The molecule has 1 N–H and O–H groups in total. The molecule has 150 valence electrons. The van der Waals surface area contributed by atoms with Gasteiger partial charge in [0, 0.05) is 20.1 Å². The van der Waals surface area contributed by atoms with Crippen molar-refractivity contribution >= 4 is 56.8 Å². The quantitative estimate of drug-likeness (QED) is 0.417. The summed E-state index contributed by atoms with van der Waals surface area (Å²) >= 11 is 10.6. The molecule has 0 saturated carbocycles. The molecule has 1 aliphatic heterocycles. The fourth-order valence-corrected chi connectivity index (χ4v) is 4.30. The Kier molecular flexibility index (Phi) is 6.27. The van der Waals surface area contributed by atoms with Gasteiger partial charge in [-0.2, -0.15) is 0 Å². The van der Waals surface area contributed by atoms with E-state index in [0.29, 0.717) is 9.93 Å². The monoisotopic (exact) mass is 498 g/mol. The van der Waals surface area contributed by atoms with Crippen LogP contribution in [-0.2, 0) is 16.1 Å². The van der Waals surface area contributed by atoms with Crippen molar-refractivity contribution in [1.29, 1.82) is 0 Å². The van der Waals surface area contributed by atoms with E-state index < -0.39 is 0 Å². The van der Waals surface area contributed by atoms with Gasteiger partial charge in [-0.1, -0.05) is 69.6 Å². The lowest BCUT2D eigenvalue weighted by atomic mass is 10.2. The van der Waals surface area contributed by atoms with Crippen molar-refractivity contribution in [3.05, 3.63) is 105 Å². The molecule has 4 nitrogen and oxygen atoms in total. The minimum absolute atomic E-state index is 0.217. The lowest BCUT2D eigenvalue weighted by Gasteiger charge is -2.15. The third-order valence-electron chi connectivity index (χ3n) is 4.46. The Morgan fingerprint density at radius 3 is 2.20 bits per heavy atom. The molecule has 2 amide bonds. The Bertz CT molecular complexity index is 1050. The Labute approximate surface area is 192 Å². The second-order valence-electron chi connectivity index (χ2n) is 6.57. The zero-order chi connectivity index (χ0) is 21.1. The molecule has 0 saturated heterocycles. The Morgan fingerprint density at radius 1 is 0.867 bits per heavy atom. The molecule has 0 atom stereocenters. The normalized spacial score (nSPS) is 13.9. The third kappa shape index (κ3) is 4.61. The van der Waals surface area contributed by atoms with Gasteiger partial charge in [0.1, 0.15) is 10.6 Å². The van der Waals surface area contributed by atoms with Crippen LogP contribution in [0.4, 0.5) is 5.69 Å². The molecule has 0 unspecified atom stereocenters. The van der Waals surface area contributed by atoms with Crippen LogP contribution in [-0.4, -0.2) is 16.7 Å². The summed E-state index contributed by atoms with van der Waals surface area (Å²) in [4.78, 5) is 28.8. The molecule has 1 heterocycles. The van der Waals surface area contributed by atoms with Gasteiger partial charge in [-0.05, 0) is 54.1 Å². The maximum absolute atomic E-state index is 13.2. The van der Waals surface area contributed by atoms with E-state index in [2.05, 4.69) is 21.2 Å². The van der Waals surface area contributed by atoms with E-state index in [4.69, 9.17) is 11.6 Å². The summed E-state index contributed by atoms with van der Waals surface area (Å²) in [6.45, 7) is 0.217.